The lowest BCUT2D eigenvalue weighted by Gasteiger charge is -2.25. The van der Waals surface area contributed by atoms with Crippen LogP contribution < -0.4 is 0 Å². The highest BCUT2D eigenvalue weighted by atomic mass is 28.4. The predicted octanol–water partition coefficient (Wildman–Crippen LogP) is 5.76. The van der Waals surface area contributed by atoms with Crippen molar-refractivity contribution in [2.24, 2.45) is 0 Å². The molecule has 17 heavy (non-hydrogen) atoms. The van der Waals surface area contributed by atoms with E-state index in [1.165, 1.54) is 57.8 Å². The fourth-order valence-corrected chi connectivity index (χ4v) is 3.46. The standard InChI is InChI=1S/C15H34OSi/c1-6-8-9-10-11-12-13-14-15(7-2)16-17(3,4)5/h15H,6-14H2,1-5H3. The molecule has 0 aromatic heterocycles. The predicted molar refractivity (Wildman–Crippen MR) is 81.1 cm³/mol. The zero-order valence-electron chi connectivity index (χ0n) is 12.8. The van der Waals surface area contributed by atoms with Gasteiger partial charge in [-0.2, -0.15) is 0 Å². The highest BCUT2D eigenvalue weighted by molar-refractivity contribution is 6.69. The summed E-state index contributed by atoms with van der Waals surface area (Å²) in [4.78, 5) is 0. The van der Waals surface area contributed by atoms with Crippen molar-refractivity contribution < 1.29 is 4.43 Å². The van der Waals surface area contributed by atoms with Gasteiger partial charge >= 0.3 is 0 Å². The van der Waals surface area contributed by atoms with Crippen LogP contribution in [0.3, 0.4) is 0 Å². The molecule has 0 saturated heterocycles. The van der Waals surface area contributed by atoms with Crippen molar-refractivity contribution in [1.82, 2.24) is 0 Å². The summed E-state index contributed by atoms with van der Waals surface area (Å²) in [7, 11) is -1.33. The Balaban J connectivity index is 3.44. The molecule has 0 aliphatic heterocycles. The molecule has 0 saturated carbocycles. The Labute approximate surface area is 110 Å². The van der Waals surface area contributed by atoms with E-state index < -0.39 is 8.32 Å². The highest BCUT2D eigenvalue weighted by Gasteiger charge is 2.19. The molecule has 1 nitrogen and oxygen atoms in total. The minimum absolute atomic E-state index is 0.525. The summed E-state index contributed by atoms with van der Waals surface area (Å²) in [5, 5.41) is 0. The lowest BCUT2D eigenvalue weighted by molar-refractivity contribution is 0.175. The van der Waals surface area contributed by atoms with Gasteiger partial charge in [0.1, 0.15) is 0 Å². The van der Waals surface area contributed by atoms with Gasteiger partial charge in [0.05, 0.1) is 0 Å². The SMILES string of the molecule is CCCCCCCCCC(CC)O[Si](C)(C)C. The summed E-state index contributed by atoms with van der Waals surface area (Å²) in [6.07, 6.45) is 12.8. The maximum Gasteiger partial charge on any atom is 0.184 e. The molecule has 0 heterocycles. The molecule has 0 spiro atoms. The molecule has 0 aliphatic rings. The van der Waals surface area contributed by atoms with E-state index in [-0.39, 0.29) is 0 Å². The Morgan fingerprint density at radius 3 is 1.82 bits per heavy atom. The van der Waals surface area contributed by atoms with Gasteiger partial charge in [0.2, 0.25) is 0 Å². The third-order valence-corrected chi connectivity index (χ3v) is 4.15. The van der Waals surface area contributed by atoms with Crippen molar-refractivity contribution in [3.63, 3.8) is 0 Å². The van der Waals surface area contributed by atoms with Crippen LogP contribution in [-0.2, 0) is 4.43 Å². The Bertz CT molecular complexity index is 163. The lowest BCUT2D eigenvalue weighted by Crippen LogP contribution is -2.31. The monoisotopic (exact) mass is 258 g/mol. The largest absolute Gasteiger partial charge is 0.415 e. The summed E-state index contributed by atoms with van der Waals surface area (Å²) >= 11 is 0. The van der Waals surface area contributed by atoms with Crippen LogP contribution in [-0.4, -0.2) is 14.4 Å². The zero-order chi connectivity index (χ0) is 13.1. The number of hydrogen-bond donors (Lipinski definition) is 0. The van der Waals surface area contributed by atoms with Crippen molar-refractivity contribution in [1.29, 1.82) is 0 Å². The quantitative estimate of drug-likeness (QED) is 0.338. The Morgan fingerprint density at radius 2 is 1.35 bits per heavy atom. The first-order valence-corrected chi connectivity index (χ1v) is 11.1. The van der Waals surface area contributed by atoms with E-state index in [2.05, 4.69) is 33.5 Å². The second-order valence-corrected chi connectivity index (χ2v) is 10.6. The van der Waals surface area contributed by atoms with Gasteiger partial charge in [-0.1, -0.05) is 58.8 Å². The molecule has 0 fully saturated rings. The van der Waals surface area contributed by atoms with E-state index in [9.17, 15) is 0 Å². The van der Waals surface area contributed by atoms with Crippen molar-refractivity contribution >= 4 is 8.32 Å². The van der Waals surface area contributed by atoms with E-state index in [0.717, 1.165) is 0 Å². The van der Waals surface area contributed by atoms with E-state index in [4.69, 9.17) is 4.43 Å². The van der Waals surface area contributed by atoms with Gasteiger partial charge in [-0.15, -0.1) is 0 Å². The van der Waals surface area contributed by atoms with Crippen molar-refractivity contribution in [3.8, 4) is 0 Å². The van der Waals surface area contributed by atoms with Crippen molar-refractivity contribution in [3.05, 3.63) is 0 Å². The van der Waals surface area contributed by atoms with Gasteiger partial charge in [-0.05, 0) is 32.5 Å². The van der Waals surface area contributed by atoms with Crippen molar-refractivity contribution in [2.45, 2.75) is 97.4 Å². The summed E-state index contributed by atoms with van der Waals surface area (Å²) in [6.45, 7) is 11.4. The van der Waals surface area contributed by atoms with Crippen LogP contribution in [0, 0.1) is 0 Å². The third-order valence-electron chi connectivity index (χ3n) is 3.11. The molecule has 0 bridgehead atoms. The zero-order valence-corrected chi connectivity index (χ0v) is 13.8. The van der Waals surface area contributed by atoms with Gasteiger partial charge in [0.15, 0.2) is 8.32 Å². The molecule has 1 atom stereocenters. The maximum absolute atomic E-state index is 6.17. The lowest BCUT2D eigenvalue weighted by atomic mass is 10.1. The molecular formula is C15H34OSi. The fraction of sp³-hybridized carbons (Fsp3) is 1.00. The van der Waals surface area contributed by atoms with Gasteiger partial charge in [-0.25, -0.2) is 0 Å². The minimum atomic E-state index is -1.33. The molecule has 0 N–H and O–H groups in total. The van der Waals surface area contributed by atoms with Crippen LogP contribution >= 0.6 is 0 Å². The van der Waals surface area contributed by atoms with Crippen LogP contribution in [0.15, 0.2) is 0 Å². The molecule has 0 aromatic carbocycles. The maximum atomic E-state index is 6.17. The summed E-state index contributed by atoms with van der Waals surface area (Å²) in [6, 6.07) is 0. The number of rotatable bonds is 11. The van der Waals surface area contributed by atoms with E-state index in [1.54, 1.807) is 0 Å². The first-order valence-electron chi connectivity index (χ1n) is 7.67. The van der Waals surface area contributed by atoms with E-state index >= 15 is 0 Å². The van der Waals surface area contributed by atoms with Crippen LogP contribution in [0.5, 0.6) is 0 Å². The highest BCUT2D eigenvalue weighted by Crippen LogP contribution is 2.17. The number of unbranched alkanes of at least 4 members (excludes halogenated alkanes) is 6. The first kappa shape index (κ1) is 17.2. The first-order chi connectivity index (χ1) is 7.99. The minimum Gasteiger partial charge on any atom is -0.415 e. The molecule has 2 heteroatoms. The third kappa shape index (κ3) is 12.4. The average molecular weight is 259 g/mol. The van der Waals surface area contributed by atoms with Gasteiger partial charge < -0.3 is 4.43 Å². The van der Waals surface area contributed by atoms with E-state index in [1.807, 2.05) is 0 Å². The smallest absolute Gasteiger partial charge is 0.184 e. The summed E-state index contributed by atoms with van der Waals surface area (Å²) < 4.78 is 6.17. The molecule has 0 aromatic rings. The molecule has 104 valence electrons. The average Bonchev–Trinajstić information content (AvgIpc) is 2.24. The second kappa shape index (κ2) is 10.1. The molecule has 1 unspecified atom stereocenters. The van der Waals surface area contributed by atoms with Gasteiger partial charge in [0.25, 0.3) is 0 Å². The topological polar surface area (TPSA) is 9.23 Å². The molecule has 0 rings (SSSR count). The normalized spacial score (nSPS) is 13.9. The van der Waals surface area contributed by atoms with E-state index in [0.29, 0.717) is 6.10 Å². The molecular weight excluding hydrogens is 224 g/mol. The van der Waals surface area contributed by atoms with Crippen LogP contribution in [0.2, 0.25) is 19.6 Å². The second-order valence-electron chi connectivity index (χ2n) is 6.17. The molecule has 0 radical (unpaired) electrons. The van der Waals surface area contributed by atoms with Gasteiger partial charge in [-0.3, -0.25) is 0 Å². The van der Waals surface area contributed by atoms with Crippen LogP contribution in [0.4, 0.5) is 0 Å². The molecule has 0 amide bonds. The van der Waals surface area contributed by atoms with Crippen LogP contribution in [0.25, 0.3) is 0 Å². The Morgan fingerprint density at radius 1 is 0.824 bits per heavy atom. The van der Waals surface area contributed by atoms with Crippen molar-refractivity contribution in [2.75, 3.05) is 0 Å². The fourth-order valence-electron chi connectivity index (χ4n) is 2.18. The Hall–Kier alpha value is 0.177. The summed E-state index contributed by atoms with van der Waals surface area (Å²) in [5.74, 6) is 0. The van der Waals surface area contributed by atoms with Gasteiger partial charge in [0, 0.05) is 6.10 Å². The summed E-state index contributed by atoms with van der Waals surface area (Å²) in [5.41, 5.74) is 0. The Kier molecular flexibility index (Phi) is 10.2. The molecule has 0 aliphatic carbocycles. The number of hydrogen-bond acceptors (Lipinski definition) is 1. The van der Waals surface area contributed by atoms with Crippen LogP contribution in [0.1, 0.15) is 71.6 Å².